The SMILES string of the molecule is CC(C)(C)c1cc(-c2ccccn2)cc(-c2cccc3c2nc(-c2cc4c(cc2O)C(C)(C)c2ccccc2-4)n3-c2ccc(C(C)(C)C)cc2-c2ccccc2)c1. The third-order valence-electron chi connectivity index (χ3n) is 11.9. The zero-order chi connectivity index (χ0) is 39.9. The van der Waals surface area contributed by atoms with Crippen LogP contribution < -0.4 is 0 Å². The molecule has 2 aromatic heterocycles. The fourth-order valence-corrected chi connectivity index (χ4v) is 8.62. The van der Waals surface area contributed by atoms with Crippen molar-refractivity contribution in [3.63, 3.8) is 0 Å². The molecular formula is C53H49N3O. The third-order valence-corrected chi connectivity index (χ3v) is 11.9. The van der Waals surface area contributed by atoms with Crippen molar-refractivity contribution in [2.24, 2.45) is 0 Å². The van der Waals surface area contributed by atoms with Gasteiger partial charge in [0, 0.05) is 28.3 Å². The summed E-state index contributed by atoms with van der Waals surface area (Å²) in [6, 6.07) is 49.5. The summed E-state index contributed by atoms with van der Waals surface area (Å²) >= 11 is 0. The number of hydrogen-bond acceptors (Lipinski definition) is 3. The number of pyridine rings is 1. The van der Waals surface area contributed by atoms with Gasteiger partial charge in [0.05, 0.1) is 28.0 Å². The second-order valence-corrected chi connectivity index (χ2v) is 18.1. The highest BCUT2D eigenvalue weighted by Crippen LogP contribution is 2.52. The standard InChI is InChI=1S/C53H49N3O/c1-51(2,3)36-24-25-46(40(30-36)33-17-10-9-11-18-33)56-47-23-16-20-38(34-27-35(45-22-14-15-26-54-45)29-37(28-34)52(4,5)6)49(47)55-50(56)42-31-41-39-19-12-13-21-43(39)53(7,8)44(41)32-48(42)57/h9-32,57H,1-8H3. The highest BCUT2D eigenvalue weighted by atomic mass is 16.3. The average molecular weight is 744 g/mol. The van der Waals surface area contributed by atoms with Crippen molar-refractivity contribution >= 4 is 11.0 Å². The van der Waals surface area contributed by atoms with Gasteiger partial charge in [-0.2, -0.15) is 0 Å². The van der Waals surface area contributed by atoms with Crippen LogP contribution in [0.25, 0.3) is 72.7 Å². The maximum atomic E-state index is 12.2. The Hall–Kier alpha value is -6.26. The van der Waals surface area contributed by atoms with E-state index in [0.717, 1.165) is 61.4 Å². The Morgan fingerprint density at radius 1 is 0.526 bits per heavy atom. The summed E-state index contributed by atoms with van der Waals surface area (Å²) in [6.07, 6.45) is 1.85. The second-order valence-electron chi connectivity index (χ2n) is 18.1. The molecule has 1 aliphatic carbocycles. The number of benzene rings is 6. The molecule has 0 atom stereocenters. The first kappa shape index (κ1) is 36.4. The fourth-order valence-electron chi connectivity index (χ4n) is 8.62. The zero-order valence-electron chi connectivity index (χ0n) is 34.1. The Kier molecular flexibility index (Phi) is 8.40. The molecule has 9 rings (SSSR count). The number of aromatic nitrogens is 3. The smallest absolute Gasteiger partial charge is 0.149 e. The fraction of sp³-hybridized carbons (Fsp3) is 0.208. The Balaban J connectivity index is 1.38. The molecule has 4 nitrogen and oxygen atoms in total. The number of phenols is 1. The minimum Gasteiger partial charge on any atom is -0.507 e. The van der Waals surface area contributed by atoms with Crippen molar-refractivity contribution < 1.29 is 5.11 Å². The Morgan fingerprint density at radius 2 is 1.23 bits per heavy atom. The number of imidazole rings is 1. The topological polar surface area (TPSA) is 50.9 Å². The van der Waals surface area contributed by atoms with Crippen molar-refractivity contribution in [1.82, 2.24) is 14.5 Å². The molecule has 8 aromatic rings. The van der Waals surface area contributed by atoms with Crippen molar-refractivity contribution in [2.75, 3.05) is 0 Å². The summed E-state index contributed by atoms with van der Waals surface area (Å²) in [5.74, 6) is 0.907. The summed E-state index contributed by atoms with van der Waals surface area (Å²) in [5.41, 5.74) is 16.6. The minimum absolute atomic E-state index is 0.0586. The number of hydrogen-bond donors (Lipinski definition) is 1. The van der Waals surface area contributed by atoms with Gasteiger partial charge in [-0.25, -0.2) is 4.98 Å². The van der Waals surface area contributed by atoms with Crippen molar-refractivity contribution in [3.8, 4) is 67.5 Å². The zero-order valence-corrected chi connectivity index (χ0v) is 34.1. The van der Waals surface area contributed by atoms with Gasteiger partial charge >= 0.3 is 0 Å². The van der Waals surface area contributed by atoms with Crippen LogP contribution in [-0.2, 0) is 16.2 Å². The Morgan fingerprint density at radius 3 is 1.96 bits per heavy atom. The third kappa shape index (κ3) is 6.15. The van der Waals surface area contributed by atoms with E-state index in [1.54, 1.807) is 0 Å². The van der Waals surface area contributed by atoms with Crippen molar-refractivity contribution in [1.29, 1.82) is 0 Å². The van der Waals surface area contributed by atoms with Crippen LogP contribution in [0.5, 0.6) is 5.75 Å². The first-order valence-corrected chi connectivity index (χ1v) is 20.0. The van der Waals surface area contributed by atoms with Crippen LogP contribution in [0, 0.1) is 0 Å². The summed E-state index contributed by atoms with van der Waals surface area (Å²) in [4.78, 5) is 10.3. The molecule has 2 heterocycles. The number of para-hydroxylation sites is 1. The minimum atomic E-state index is -0.248. The molecule has 0 unspecified atom stereocenters. The predicted octanol–water partition coefficient (Wildman–Crippen LogP) is 13.7. The summed E-state index contributed by atoms with van der Waals surface area (Å²) < 4.78 is 2.27. The molecule has 57 heavy (non-hydrogen) atoms. The molecular weight excluding hydrogens is 695 g/mol. The van der Waals surface area contributed by atoms with Crippen molar-refractivity contribution in [3.05, 3.63) is 168 Å². The number of nitrogens with zero attached hydrogens (tertiary/aromatic N) is 3. The van der Waals surface area contributed by atoms with E-state index in [1.165, 1.54) is 22.3 Å². The van der Waals surface area contributed by atoms with Gasteiger partial charge in [0.25, 0.3) is 0 Å². The van der Waals surface area contributed by atoms with E-state index in [4.69, 9.17) is 9.97 Å². The van der Waals surface area contributed by atoms with Crippen LogP contribution >= 0.6 is 0 Å². The van der Waals surface area contributed by atoms with Crippen LogP contribution in [-0.4, -0.2) is 19.6 Å². The molecule has 1 aliphatic rings. The number of aromatic hydroxyl groups is 1. The monoisotopic (exact) mass is 743 g/mol. The number of phenolic OH excluding ortho intramolecular Hbond substituents is 1. The molecule has 0 amide bonds. The van der Waals surface area contributed by atoms with Gasteiger partial charge in [0.2, 0.25) is 0 Å². The number of fused-ring (bicyclic) bond motifs is 4. The van der Waals surface area contributed by atoms with Crippen molar-refractivity contribution in [2.45, 2.75) is 71.6 Å². The maximum absolute atomic E-state index is 12.2. The van der Waals surface area contributed by atoms with Gasteiger partial charge in [0.15, 0.2) is 0 Å². The molecule has 282 valence electrons. The molecule has 0 aliphatic heterocycles. The van der Waals surface area contributed by atoms with Gasteiger partial charge in [-0.1, -0.05) is 140 Å². The second kappa shape index (κ2) is 13.2. The quantitative estimate of drug-likeness (QED) is 0.191. The lowest BCUT2D eigenvalue weighted by molar-refractivity contribution is 0.474. The highest BCUT2D eigenvalue weighted by molar-refractivity contribution is 5.98. The molecule has 0 radical (unpaired) electrons. The molecule has 0 bridgehead atoms. The number of rotatable bonds is 5. The van der Waals surface area contributed by atoms with Crippen LogP contribution in [0.15, 0.2) is 146 Å². The lowest BCUT2D eigenvalue weighted by Crippen LogP contribution is -2.14. The van der Waals surface area contributed by atoms with E-state index >= 15 is 0 Å². The van der Waals surface area contributed by atoms with Gasteiger partial charge < -0.3 is 5.11 Å². The molecule has 0 saturated carbocycles. The lowest BCUT2D eigenvalue weighted by Gasteiger charge is -2.23. The molecule has 0 saturated heterocycles. The van der Waals surface area contributed by atoms with Gasteiger partial charge in [-0.3, -0.25) is 9.55 Å². The average Bonchev–Trinajstić information content (AvgIpc) is 3.69. The summed E-state index contributed by atoms with van der Waals surface area (Å²) in [6.45, 7) is 18.0. The molecule has 4 heteroatoms. The first-order chi connectivity index (χ1) is 27.2. The molecule has 0 fully saturated rings. The maximum Gasteiger partial charge on any atom is 0.149 e. The van der Waals surface area contributed by atoms with Crippen LogP contribution in [0.2, 0.25) is 0 Å². The van der Waals surface area contributed by atoms with Gasteiger partial charge in [-0.05, 0) is 110 Å². The van der Waals surface area contributed by atoms with E-state index in [9.17, 15) is 5.11 Å². The van der Waals surface area contributed by atoms with Gasteiger partial charge in [-0.15, -0.1) is 0 Å². The lowest BCUT2D eigenvalue weighted by atomic mass is 9.82. The van der Waals surface area contributed by atoms with Crippen LogP contribution in [0.4, 0.5) is 0 Å². The van der Waals surface area contributed by atoms with E-state index < -0.39 is 0 Å². The largest absolute Gasteiger partial charge is 0.507 e. The first-order valence-electron chi connectivity index (χ1n) is 20.0. The van der Waals surface area contributed by atoms with E-state index in [1.807, 2.05) is 24.4 Å². The summed E-state index contributed by atoms with van der Waals surface area (Å²) in [7, 11) is 0. The predicted molar refractivity (Wildman–Crippen MR) is 237 cm³/mol. The normalized spacial score (nSPS) is 13.5. The van der Waals surface area contributed by atoms with Crippen LogP contribution in [0.3, 0.4) is 0 Å². The summed E-state index contributed by atoms with van der Waals surface area (Å²) in [5, 5.41) is 12.2. The van der Waals surface area contributed by atoms with Gasteiger partial charge in [0.1, 0.15) is 11.6 Å². The Bertz CT molecular complexity index is 2830. The van der Waals surface area contributed by atoms with E-state index in [0.29, 0.717) is 11.4 Å². The van der Waals surface area contributed by atoms with E-state index in [2.05, 4.69) is 181 Å². The van der Waals surface area contributed by atoms with E-state index in [-0.39, 0.29) is 22.0 Å². The van der Waals surface area contributed by atoms with Crippen LogP contribution in [0.1, 0.15) is 77.6 Å². The molecule has 6 aromatic carbocycles. The molecule has 1 N–H and O–H groups in total. The Labute approximate surface area is 336 Å². The highest BCUT2D eigenvalue weighted by Gasteiger charge is 2.37. The molecule has 0 spiro atoms.